The van der Waals surface area contributed by atoms with E-state index in [1.165, 1.54) is 23.9 Å². The summed E-state index contributed by atoms with van der Waals surface area (Å²) in [5, 5.41) is 5.22. The maximum absolute atomic E-state index is 12.8. The Morgan fingerprint density at radius 2 is 1.83 bits per heavy atom. The molecule has 30 heavy (non-hydrogen) atoms. The highest BCUT2D eigenvalue weighted by atomic mass is 32.2. The Bertz CT molecular complexity index is 832. The van der Waals surface area contributed by atoms with Crippen molar-refractivity contribution >= 4 is 23.6 Å². The molecule has 0 fully saturated rings. The average Bonchev–Trinajstić information content (AvgIpc) is 2.73. The number of nitrogens with one attached hydrogen (secondary N) is 2. The zero-order valence-corrected chi connectivity index (χ0v) is 17.2. The molecule has 0 saturated carbocycles. The minimum absolute atomic E-state index is 0.0745. The fourth-order valence-corrected chi connectivity index (χ4v) is 3.05. The zero-order valence-electron chi connectivity index (χ0n) is 16.4. The van der Waals surface area contributed by atoms with Crippen LogP contribution < -0.4 is 15.4 Å². The normalized spacial score (nSPS) is 12.1. The van der Waals surface area contributed by atoms with Crippen LogP contribution in [0.4, 0.5) is 13.2 Å². The number of rotatable bonds is 10. The Hall–Kier alpha value is -2.68. The third kappa shape index (κ3) is 7.98. The van der Waals surface area contributed by atoms with E-state index in [2.05, 4.69) is 10.6 Å². The summed E-state index contributed by atoms with van der Waals surface area (Å²) in [5.41, 5.74) is -0.458. The minimum Gasteiger partial charge on any atom is -0.484 e. The van der Waals surface area contributed by atoms with E-state index in [1.54, 1.807) is 24.3 Å². The van der Waals surface area contributed by atoms with Gasteiger partial charge in [0.15, 0.2) is 6.61 Å². The fraction of sp³-hybridized carbons (Fsp3) is 0.333. The van der Waals surface area contributed by atoms with Crippen molar-refractivity contribution < 1.29 is 27.5 Å². The van der Waals surface area contributed by atoms with Crippen LogP contribution in [0.5, 0.6) is 5.75 Å². The molecular weight excluding hydrogens is 417 g/mol. The van der Waals surface area contributed by atoms with Gasteiger partial charge in [0, 0.05) is 6.54 Å². The molecule has 1 atom stereocenters. The number of amides is 2. The van der Waals surface area contributed by atoms with Gasteiger partial charge in [-0.1, -0.05) is 30.3 Å². The SMILES string of the molecule is CSCC[C@H](NC(=O)COc1ccccc1)C(=O)NCc1cccc(C(F)(F)F)c1. The average molecular weight is 440 g/mol. The van der Waals surface area contributed by atoms with Crippen molar-refractivity contribution in [1.82, 2.24) is 10.6 Å². The van der Waals surface area contributed by atoms with E-state index in [4.69, 9.17) is 4.74 Å². The summed E-state index contributed by atoms with van der Waals surface area (Å²) >= 11 is 1.52. The van der Waals surface area contributed by atoms with Crippen LogP contribution in [0.1, 0.15) is 17.5 Å². The Morgan fingerprint density at radius 3 is 2.50 bits per heavy atom. The molecule has 2 N–H and O–H groups in total. The second-order valence-corrected chi connectivity index (χ2v) is 7.40. The van der Waals surface area contributed by atoms with Crippen LogP contribution in [0.25, 0.3) is 0 Å². The van der Waals surface area contributed by atoms with Gasteiger partial charge in [-0.2, -0.15) is 24.9 Å². The van der Waals surface area contributed by atoms with Gasteiger partial charge in [0.2, 0.25) is 5.91 Å². The quantitative estimate of drug-likeness (QED) is 0.592. The molecule has 0 aliphatic carbocycles. The molecule has 0 radical (unpaired) electrons. The summed E-state index contributed by atoms with van der Waals surface area (Å²) in [6.45, 7) is -0.324. The fourth-order valence-electron chi connectivity index (χ4n) is 2.58. The number of para-hydroxylation sites is 1. The number of thioether (sulfide) groups is 1. The summed E-state index contributed by atoms with van der Waals surface area (Å²) in [5.74, 6) is 0.234. The first-order chi connectivity index (χ1) is 14.3. The number of carbonyl (C=O) groups is 2. The van der Waals surface area contributed by atoms with Crippen LogP contribution in [0.2, 0.25) is 0 Å². The number of benzene rings is 2. The molecule has 2 aromatic rings. The van der Waals surface area contributed by atoms with Gasteiger partial charge in [-0.3, -0.25) is 9.59 Å². The standard InChI is InChI=1S/C21H23F3N2O3S/c1-30-11-10-18(26-19(27)14-29-17-8-3-2-4-9-17)20(28)25-13-15-6-5-7-16(12-15)21(22,23)24/h2-9,12,18H,10-11,13-14H2,1H3,(H,25,28)(H,26,27)/t18-/m0/s1. The Kier molecular flexibility index (Phi) is 9.04. The predicted molar refractivity (Wildman–Crippen MR) is 110 cm³/mol. The molecule has 9 heteroatoms. The molecule has 0 saturated heterocycles. The maximum Gasteiger partial charge on any atom is 0.416 e. The first-order valence-corrected chi connectivity index (χ1v) is 10.6. The predicted octanol–water partition coefficient (Wildman–Crippen LogP) is 3.64. The molecule has 0 heterocycles. The number of hydrogen-bond donors (Lipinski definition) is 2. The molecule has 2 rings (SSSR count). The third-order valence-electron chi connectivity index (χ3n) is 4.10. The zero-order chi connectivity index (χ0) is 22.0. The molecule has 162 valence electrons. The molecule has 0 bridgehead atoms. The molecule has 0 aliphatic heterocycles. The van der Waals surface area contributed by atoms with Gasteiger partial charge in [0.05, 0.1) is 5.56 Å². The van der Waals surface area contributed by atoms with E-state index in [9.17, 15) is 22.8 Å². The van der Waals surface area contributed by atoms with Gasteiger partial charge in [-0.25, -0.2) is 0 Å². The highest BCUT2D eigenvalue weighted by Crippen LogP contribution is 2.29. The lowest BCUT2D eigenvalue weighted by atomic mass is 10.1. The van der Waals surface area contributed by atoms with Gasteiger partial charge in [-0.05, 0) is 48.3 Å². The second-order valence-electron chi connectivity index (χ2n) is 6.42. The van der Waals surface area contributed by atoms with Gasteiger partial charge >= 0.3 is 6.18 Å². The van der Waals surface area contributed by atoms with E-state index in [-0.39, 0.29) is 13.2 Å². The van der Waals surface area contributed by atoms with Crippen molar-refractivity contribution in [1.29, 1.82) is 0 Å². The highest BCUT2D eigenvalue weighted by molar-refractivity contribution is 7.98. The number of ether oxygens (including phenoxy) is 1. The molecule has 2 amide bonds. The van der Waals surface area contributed by atoms with Crippen LogP contribution in [-0.4, -0.2) is 36.5 Å². The number of carbonyl (C=O) groups excluding carboxylic acids is 2. The lowest BCUT2D eigenvalue weighted by molar-refractivity contribution is -0.137. The third-order valence-corrected chi connectivity index (χ3v) is 4.74. The lowest BCUT2D eigenvalue weighted by Gasteiger charge is -2.18. The van der Waals surface area contributed by atoms with E-state index in [0.717, 1.165) is 12.1 Å². The van der Waals surface area contributed by atoms with E-state index in [1.807, 2.05) is 12.3 Å². The summed E-state index contributed by atoms with van der Waals surface area (Å²) < 4.78 is 43.8. The molecule has 5 nitrogen and oxygen atoms in total. The summed E-state index contributed by atoms with van der Waals surface area (Å²) in [6.07, 6.45) is -2.20. The van der Waals surface area contributed by atoms with Crippen LogP contribution >= 0.6 is 11.8 Å². The molecular formula is C21H23F3N2O3S. The highest BCUT2D eigenvalue weighted by Gasteiger charge is 2.30. The topological polar surface area (TPSA) is 67.4 Å². The number of hydrogen-bond acceptors (Lipinski definition) is 4. The molecule has 0 aromatic heterocycles. The van der Waals surface area contributed by atoms with E-state index < -0.39 is 29.6 Å². The van der Waals surface area contributed by atoms with Crippen LogP contribution in [0, 0.1) is 0 Å². The van der Waals surface area contributed by atoms with E-state index >= 15 is 0 Å². The van der Waals surface area contributed by atoms with Gasteiger partial charge in [0.25, 0.3) is 5.91 Å². The molecule has 2 aromatic carbocycles. The first kappa shape index (κ1) is 23.6. The van der Waals surface area contributed by atoms with Crippen molar-refractivity contribution in [2.45, 2.75) is 25.2 Å². The number of halogens is 3. The van der Waals surface area contributed by atoms with Crippen molar-refractivity contribution in [2.75, 3.05) is 18.6 Å². The summed E-state index contributed by atoms with van der Waals surface area (Å²) in [6, 6.07) is 12.7. The largest absolute Gasteiger partial charge is 0.484 e. The second kappa shape index (κ2) is 11.5. The first-order valence-electron chi connectivity index (χ1n) is 9.19. The molecule has 0 spiro atoms. The van der Waals surface area contributed by atoms with Crippen LogP contribution in [0.3, 0.4) is 0 Å². The Labute approximate surface area is 177 Å². The Morgan fingerprint density at radius 1 is 1.10 bits per heavy atom. The van der Waals surface area contributed by atoms with Crippen LogP contribution in [0.15, 0.2) is 54.6 Å². The minimum atomic E-state index is -4.45. The summed E-state index contributed by atoms with van der Waals surface area (Å²) in [4.78, 5) is 24.7. The molecule has 0 unspecified atom stereocenters. The summed E-state index contributed by atoms with van der Waals surface area (Å²) in [7, 11) is 0. The Balaban J connectivity index is 1.91. The van der Waals surface area contributed by atoms with Gasteiger partial charge in [0.1, 0.15) is 11.8 Å². The maximum atomic E-state index is 12.8. The van der Waals surface area contributed by atoms with Gasteiger partial charge in [-0.15, -0.1) is 0 Å². The smallest absolute Gasteiger partial charge is 0.416 e. The molecule has 0 aliphatic rings. The van der Waals surface area contributed by atoms with Crippen molar-refractivity contribution in [3.05, 3.63) is 65.7 Å². The number of alkyl halides is 3. The van der Waals surface area contributed by atoms with Gasteiger partial charge < -0.3 is 15.4 Å². The van der Waals surface area contributed by atoms with Crippen molar-refractivity contribution in [3.8, 4) is 5.75 Å². The monoisotopic (exact) mass is 440 g/mol. The van der Waals surface area contributed by atoms with Crippen LogP contribution in [-0.2, 0) is 22.3 Å². The van der Waals surface area contributed by atoms with E-state index in [0.29, 0.717) is 23.5 Å². The lowest BCUT2D eigenvalue weighted by Crippen LogP contribution is -2.48. The van der Waals surface area contributed by atoms with Crippen molar-refractivity contribution in [3.63, 3.8) is 0 Å². The van der Waals surface area contributed by atoms with Crippen molar-refractivity contribution in [2.24, 2.45) is 0 Å².